The SMILES string of the molecule is c1ccc(-c2ccc3c(c2)N=Nc2cc(-c4ccccc4)ccc2OCCOCCO3)cc1. The second-order valence-corrected chi connectivity index (χ2v) is 7.61. The lowest BCUT2D eigenvalue weighted by Gasteiger charge is -2.10. The second kappa shape index (κ2) is 10.1. The van der Waals surface area contributed by atoms with Crippen molar-refractivity contribution >= 4 is 11.4 Å². The topological polar surface area (TPSA) is 52.4 Å². The molecule has 0 aliphatic carbocycles. The molecule has 4 aromatic rings. The summed E-state index contributed by atoms with van der Waals surface area (Å²) in [7, 11) is 0. The van der Waals surface area contributed by atoms with Crippen molar-refractivity contribution in [1.29, 1.82) is 0 Å². The van der Waals surface area contributed by atoms with E-state index in [0.717, 1.165) is 22.3 Å². The van der Waals surface area contributed by atoms with Gasteiger partial charge in [-0.15, -0.1) is 10.2 Å². The lowest BCUT2D eigenvalue weighted by atomic mass is 10.0. The van der Waals surface area contributed by atoms with Crippen LogP contribution in [0.15, 0.2) is 107 Å². The average Bonchev–Trinajstić information content (AvgIpc) is 2.90. The van der Waals surface area contributed by atoms with Gasteiger partial charge >= 0.3 is 0 Å². The summed E-state index contributed by atoms with van der Waals surface area (Å²) in [6.07, 6.45) is 0. The van der Waals surface area contributed by atoms with E-state index in [1.807, 2.05) is 72.8 Å². The molecule has 0 fully saturated rings. The summed E-state index contributed by atoms with van der Waals surface area (Å²) < 4.78 is 17.6. The molecular formula is C28H24N2O3. The van der Waals surface area contributed by atoms with Gasteiger partial charge in [-0.3, -0.25) is 0 Å². The number of rotatable bonds is 2. The van der Waals surface area contributed by atoms with Crippen molar-refractivity contribution in [2.45, 2.75) is 0 Å². The maximum absolute atomic E-state index is 5.95. The smallest absolute Gasteiger partial charge is 0.146 e. The quantitative estimate of drug-likeness (QED) is 0.333. The number of ether oxygens (including phenoxy) is 3. The van der Waals surface area contributed by atoms with Crippen LogP contribution in [0.3, 0.4) is 0 Å². The van der Waals surface area contributed by atoms with Gasteiger partial charge in [0.25, 0.3) is 0 Å². The molecule has 0 amide bonds. The maximum Gasteiger partial charge on any atom is 0.146 e. The molecule has 4 aromatic carbocycles. The first-order chi connectivity index (χ1) is 16.4. The first kappa shape index (κ1) is 20.9. The van der Waals surface area contributed by atoms with E-state index in [-0.39, 0.29) is 0 Å². The van der Waals surface area contributed by atoms with E-state index in [2.05, 4.69) is 34.5 Å². The van der Waals surface area contributed by atoms with E-state index < -0.39 is 0 Å². The molecule has 33 heavy (non-hydrogen) atoms. The van der Waals surface area contributed by atoms with Crippen LogP contribution in [0.25, 0.3) is 22.3 Å². The normalized spacial score (nSPS) is 13.8. The van der Waals surface area contributed by atoms with Gasteiger partial charge in [-0.05, 0) is 46.5 Å². The van der Waals surface area contributed by atoms with Gasteiger partial charge < -0.3 is 14.2 Å². The second-order valence-electron chi connectivity index (χ2n) is 7.61. The van der Waals surface area contributed by atoms with E-state index in [0.29, 0.717) is 49.3 Å². The largest absolute Gasteiger partial charge is 0.489 e. The number of nitrogens with zero attached hydrogens (tertiary/aromatic N) is 2. The molecule has 0 saturated carbocycles. The molecule has 0 N–H and O–H groups in total. The van der Waals surface area contributed by atoms with Crippen LogP contribution in [0, 0.1) is 0 Å². The van der Waals surface area contributed by atoms with Crippen LogP contribution in [0.1, 0.15) is 0 Å². The Labute approximate surface area is 193 Å². The third-order valence-electron chi connectivity index (χ3n) is 5.37. The number of hydrogen-bond donors (Lipinski definition) is 0. The Kier molecular flexibility index (Phi) is 6.41. The van der Waals surface area contributed by atoms with Crippen molar-refractivity contribution < 1.29 is 14.2 Å². The van der Waals surface area contributed by atoms with E-state index >= 15 is 0 Å². The summed E-state index contributed by atoms with van der Waals surface area (Å²) in [5.41, 5.74) is 5.63. The molecule has 0 radical (unpaired) electrons. The summed E-state index contributed by atoms with van der Waals surface area (Å²) >= 11 is 0. The minimum absolute atomic E-state index is 0.429. The first-order valence-corrected chi connectivity index (χ1v) is 11.0. The summed E-state index contributed by atoms with van der Waals surface area (Å²) in [6, 6.07) is 32.3. The molecule has 0 spiro atoms. The average molecular weight is 437 g/mol. The summed E-state index contributed by atoms with van der Waals surface area (Å²) in [5.74, 6) is 1.34. The fourth-order valence-electron chi connectivity index (χ4n) is 3.69. The van der Waals surface area contributed by atoms with E-state index in [1.165, 1.54) is 0 Å². The minimum Gasteiger partial charge on any atom is -0.489 e. The predicted octanol–water partition coefficient (Wildman–Crippen LogP) is 7.22. The molecule has 0 saturated heterocycles. The van der Waals surface area contributed by atoms with Crippen LogP contribution in [0.5, 0.6) is 11.5 Å². The Morgan fingerprint density at radius 3 is 1.36 bits per heavy atom. The Bertz CT molecular complexity index is 1140. The fraction of sp³-hybridized carbons (Fsp3) is 0.143. The lowest BCUT2D eigenvalue weighted by Crippen LogP contribution is -2.12. The highest BCUT2D eigenvalue weighted by molar-refractivity contribution is 5.72. The van der Waals surface area contributed by atoms with Crippen LogP contribution < -0.4 is 9.47 Å². The monoisotopic (exact) mass is 436 g/mol. The maximum atomic E-state index is 5.95. The number of benzene rings is 4. The Balaban J connectivity index is 1.56. The van der Waals surface area contributed by atoms with Crippen molar-refractivity contribution in [2.24, 2.45) is 10.2 Å². The molecule has 1 heterocycles. The van der Waals surface area contributed by atoms with Gasteiger partial charge in [0.15, 0.2) is 0 Å². The fourth-order valence-corrected chi connectivity index (χ4v) is 3.69. The molecule has 5 nitrogen and oxygen atoms in total. The standard InChI is InChI=1S/C28H24N2O3/c1-3-7-21(8-4-1)23-11-13-27-25(19-23)29-30-26-20-24(22-9-5-2-6-10-22)12-14-28(26)33-18-16-31-15-17-32-27/h1-14,19-20H,15-18H2. The first-order valence-electron chi connectivity index (χ1n) is 11.0. The van der Waals surface area contributed by atoms with Crippen molar-refractivity contribution in [2.75, 3.05) is 26.4 Å². The van der Waals surface area contributed by atoms with Crippen LogP contribution in [-0.4, -0.2) is 26.4 Å². The molecule has 1 aliphatic rings. The summed E-state index contributed by atoms with van der Waals surface area (Å²) in [4.78, 5) is 0. The molecule has 164 valence electrons. The highest BCUT2D eigenvalue weighted by Gasteiger charge is 2.11. The van der Waals surface area contributed by atoms with Crippen molar-refractivity contribution in [3.8, 4) is 33.8 Å². The summed E-state index contributed by atoms with van der Waals surface area (Å²) in [5, 5.41) is 9.19. The molecular weight excluding hydrogens is 412 g/mol. The predicted molar refractivity (Wildman–Crippen MR) is 130 cm³/mol. The van der Waals surface area contributed by atoms with Crippen molar-refractivity contribution in [3.63, 3.8) is 0 Å². The van der Waals surface area contributed by atoms with Crippen LogP contribution >= 0.6 is 0 Å². The van der Waals surface area contributed by atoms with Crippen LogP contribution in [0.2, 0.25) is 0 Å². The Hall–Kier alpha value is -3.96. The molecule has 0 aromatic heterocycles. The van der Waals surface area contributed by atoms with Crippen molar-refractivity contribution in [3.05, 3.63) is 97.1 Å². The number of fused-ring (bicyclic) bond motifs is 2. The van der Waals surface area contributed by atoms with E-state index in [4.69, 9.17) is 14.2 Å². The third kappa shape index (κ3) is 5.10. The summed E-state index contributed by atoms with van der Waals surface area (Å²) in [6.45, 7) is 1.80. The lowest BCUT2D eigenvalue weighted by molar-refractivity contribution is 0.0768. The zero-order chi connectivity index (χ0) is 22.3. The van der Waals surface area contributed by atoms with Gasteiger partial charge in [-0.25, -0.2) is 0 Å². The highest BCUT2D eigenvalue weighted by atomic mass is 16.5. The molecule has 0 atom stereocenters. The van der Waals surface area contributed by atoms with Gasteiger partial charge in [0.05, 0.1) is 13.2 Å². The van der Waals surface area contributed by atoms with Gasteiger partial charge in [0, 0.05) is 0 Å². The zero-order valence-corrected chi connectivity index (χ0v) is 18.2. The van der Waals surface area contributed by atoms with Gasteiger partial charge in [0.2, 0.25) is 0 Å². The minimum atomic E-state index is 0.429. The molecule has 1 aliphatic heterocycles. The van der Waals surface area contributed by atoms with Gasteiger partial charge in [-0.2, -0.15) is 0 Å². The number of hydrogen-bond acceptors (Lipinski definition) is 5. The van der Waals surface area contributed by atoms with Gasteiger partial charge in [0.1, 0.15) is 36.1 Å². The van der Waals surface area contributed by atoms with Gasteiger partial charge in [-0.1, -0.05) is 72.8 Å². The number of azo groups is 1. The zero-order valence-electron chi connectivity index (χ0n) is 18.2. The molecule has 0 bridgehead atoms. The van der Waals surface area contributed by atoms with E-state index in [1.54, 1.807) is 0 Å². The van der Waals surface area contributed by atoms with Crippen LogP contribution in [0.4, 0.5) is 11.4 Å². The van der Waals surface area contributed by atoms with E-state index in [9.17, 15) is 0 Å². The third-order valence-corrected chi connectivity index (χ3v) is 5.37. The highest BCUT2D eigenvalue weighted by Crippen LogP contribution is 2.37. The molecule has 5 rings (SSSR count). The molecule has 0 unspecified atom stereocenters. The van der Waals surface area contributed by atoms with Crippen LogP contribution in [-0.2, 0) is 4.74 Å². The Morgan fingerprint density at radius 2 is 0.909 bits per heavy atom. The molecule has 5 heteroatoms. The van der Waals surface area contributed by atoms with Crippen molar-refractivity contribution in [1.82, 2.24) is 0 Å². The Morgan fingerprint density at radius 1 is 0.455 bits per heavy atom.